The Morgan fingerprint density at radius 1 is 1.11 bits per heavy atom. The van der Waals surface area contributed by atoms with Gasteiger partial charge in [0.25, 0.3) is 0 Å². The van der Waals surface area contributed by atoms with Gasteiger partial charge in [-0.05, 0) is 54.0 Å². The maximum atomic E-state index is 13.0. The summed E-state index contributed by atoms with van der Waals surface area (Å²) < 4.78 is 2.63. The number of halogens is 1. The SMILES string of the molecule is Cc1nc(C(=O)c2cn(Cc3cccc(Br)n3)c3ccccc3c2=O)sc1C. The van der Waals surface area contributed by atoms with Crippen LogP contribution in [-0.4, -0.2) is 20.3 Å². The zero-order chi connectivity index (χ0) is 19.8. The molecule has 0 aliphatic carbocycles. The topological polar surface area (TPSA) is 64.8 Å². The highest BCUT2D eigenvalue weighted by atomic mass is 79.9. The van der Waals surface area contributed by atoms with E-state index in [1.54, 1.807) is 18.3 Å². The molecular formula is C21H16BrN3O2S. The first-order valence-electron chi connectivity index (χ1n) is 8.66. The first kappa shape index (κ1) is 18.7. The van der Waals surface area contributed by atoms with Gasteiger partial charge in [0, 0.05) is 16.5 Å². The van der Waals surface area contributed by atoms with Crippen LogP contribution in [0.15, 0.2) is 58.1 Å². The Bertz CT molecular complexity index is 1260. The predicted octanol–water partition coefficient (Wildman–Crippen LogP) is 4.51. The number of ketones is 1. The lowest BCUT2D eigenvalue weighted by atomic mass is 10.1. The Balaban J connectivity index is 1.89. The molecule has 0 unspecified atom stereocenters. The molecule has 4 aromatic rings. The minimum atomic E-state index is -0.340. The van der Waals surface area contributed by atoms with E-state index in [0.29, 0.717) is 16.9 Å². The fourth-order valence-electron chi connectivity index (χ4n) is 3.04. The van der Waals surface area contributed by atoms with E-state index in [-0.39, 0.29) is 16.8 Å². The van der Waals surface area contributed by atoms with E-state index in [9.17, 15) is 9.59 Å². The van der Waals surface area contributed by atoms with E-state index in [2.05, 4.69) is 25.9 Å². The normalized spacial score (nSPS) is 11.1. The van der Waals surface area contributed by atoms with E-state index in [0.717, 1.165) is 26.4 Å². The molecular weight excluding hydrogens is 438 g/mol. The van der Waals surface area contributed by atoms with Gasteiger partial charge in [0.05, 0.1) is 29.0 Å². The Labute approximate surface area is 173 Å². The number of fused-ring (bicyclic) bond motifs is 1. The average Bonchev–Trinajstić information content (AvgIpc) is 3.02. The summed E-state index contributed by atoms with van der Waals surface area (Å²) in [4.78, 5) is 35.8. The van der Waals surface area contributed by atoms with Gasteiger partial charge in [0.1, 0.15) is 4.60 Å². The number of thiazole rings is 1. The van der Waals surface area contributed by atoms with Crippen molar-refractivity contribution in [3.05, 3.63) is 90.3 Å². The van der Waals surface area contributed by atoms with Gasteiger partial charge in [-0.2, -0.15) is 0 Å². The van der Waals surface area contributed by atoms with E-state index in [1.165, 1.54) is 11.3 Å². The molecule has 0 aliphatic rings. The molecule has 0 radical (unpaired) electrons. The van der Waals surface area contributed by atoms with Crippen molar-refractivity contribution in [2.75, 3.05) is 0 Å². The van der Waals surface area contributed by atoms with Crippen LogP contribution < -0.4 is 5.43 Å². The van der Waals surface area contributed by atoms with Crippen LogP contribution in [0.2, 0.25) is 0 Å². The Hall–Kier alpha value is -2.64. The highest BCUT2D eigenvalue weighted by Gasteiger charge is 2.20. The number of aryl methyl sites for hydroxylation is 2. The number of nitrogens with zero attached hydrogens (tertiary/aromatic N) is 3. The molecule has 28 heavy (non-hydrogen) atoms. The Kier molecular flexibility index (Phi) is 4.95. The van der Waals surface area contributed by atoms with E-state index in [4.69, 9.17) is 0 Å². The number of hydrogen-bond donors (Lipinski definition) is 0. The number of hydrogen-bond acceptors (Lipinski definition) is 5. The Morgan fingerprint density at radius 3 is 2.61 bits per heavy atom. The van der Waals surface area contributed by atoms with E-state index >= 15 is 0 Å². The molecule has 0 fully saturated rings. The molecule has 0 N–H and O–H groups in total. The number of aromatic nitrogens is 3. The van der Waals surface area contributed by atoms with Crippen LogP contribution in [0.4, 0.5) is 0 Å². The van der Waals surface area contributed by atoms with Crippen LogP contribution >= 0.6 is 27.3 Å². The largest absolute Gasteiger partial charge is 0.340 e. The third-order valence-corrected chi connectivity index (χ3v) is 6.07. The highest BCUT2D eigenvalue weighted by molar-refractivity contribution is 9.10. The van der Waals surface area contributed by atoms with Crippen molar-refractivity contribution in [2.24, 2.45) is 0 Å². The summed E-state index contributed by atoms with van der Waals surface area (Å²) in [6.45, 7) is 4.22. The lowest BCUT2D eigenvalue weighted by Crippen LogP contribution is -2.20. The number of benzene rings is 1. The average molecular weight is 454 g/mol. The van der Waals surface area contributed by atoms with Gasteiger partial charge in [-0.25, -0.2) is 9.97 Å². The van der Waals surface area contributed by atoms with Gasteiger partial charge < -0.3 is 4.57 Å². The number of carbonyl (C=O) groups is 1. The van der Waals surface area contributed by atoms with Gasteiger partial charge in [-0.3, -0.25) is 9.59 Å². The number of carbonyl (C=O) groups excluding carboxylic acids is 1. The summed E-state index contributed by atoms with van der Waals surface area (Å²) in [5.74, 6) is -0.340. The van der Waals surface area contributed by atoms with Crippen molar-refractivity contribution in [3.8, 4) is 0 Å². The third-order valence-electron chi connectivity index (χ3n) is 4.56. The molecule has 140 valence electrons. The quantitative estimate of drug-likeness (QED) is 0.336. The first-order chi connectivity index (χ1) is 13.4. The second kappa shape index (κ2) is 7.41. The maximum absolute atomic E-state index is 13.0. The molecule has 3 heterocycles. The minimum Gasteiger partial charge on any atom is -0.340 e. The van der Waals surface area contributed by atoms with Crippen LogP contribution in [-0.2, 0) is 6.54 Å². The molecule has 0 saturated heterocycles. The molecule has 5 nitrogen and oxygen atoms in total. The number of pyridine rings is 2. The molecule has 4 rings (SSSR count). The second-order valence-corrected chi connectivity index (χ2v) is 8.47. The van der Waals surface area contributed by atoms with Crippen molar-refractivity contribution >= 4 is 44.0 Å². The summed E-state index contributed by atoms with van der Waals surface area (Å²) >= 11 is 4.70. The lowest BCUT2D eigenvalue weighted by Gasteiger charge is -2.12. The highest BCUT2D eigenvalue weighted by Crippen LogP contribution is 2.21. The summed E-state index contributed by atoms with van der Waals surface area (Å²) in [7, 11) is 0. The van der Waals surface area contributed by atoms with Gasteiger partial charge >= 0.3 is 0 Å². The molecule has 0 saturated carbocycles. The lowest BCUT2D eigenvalue weighted by molar-refractivity contribution is 0.103. The third kappa shape index (κ3) is 3.43. The van der Waals surface area contributed by atoms with Crippen LogP contribution in [0, 0.1) is 13.8 Å². The Morgan fingerprint density at radius 2 is 1.89 bits per heavy atom. The molecule has 0 spiro atoms. The predicted molar refractivity (Wildman–Crippen MR) is 114 cm³/mol. The van der Waals surface area contributed by atoms with Gasteiger partial charge in [-0.1, -0.05) is 18.2 Å². The van der Waals surface area contributed by atoms with Crippen molar-refractivity contribution < 1.29 is 4.79 Å². The van der Waals surface area contributed by atoms with Crippen molar-refractivity contribution in [1.82, 2.24) is 14.5 Å². The van der Waals surface area contributed by atoms with Crippen molar-refractivity contribution in [3.63, 3.8) is 0 Å². The van der Waals surface area contributed by atoms with Gasteiger partial charge in [0.2, 0.25) is 11.2 Å². The summed E-state index contributed by atoms with van der Waals surface area (Å²) in [5, 5.41) is 0.850. The molecule has 1 aromatic carbocycles. The van der Waals surface area contributed by atoms with Crippen molar-refractivity contribution in [1.29, 1.82) is 0 Å². The minimum absolute atomic E-state index is 0.127. The molecule has 0 amide bonds. The number of para-hydroxylation sites is 1. The molecule has 0 bridgehead atoms. The second-order valence-electron chi connectivity index (χ2n) is 6.46. The van der Waals surface area contributed by atoms with Crippen LogP contribution in [0.5, 0.6) is 0 Å². The smallest absolute Gasteiger partial charge is 0.227 e. The fraction of sp³-hybridized carbons (Fsp3) is 0.143. The van der Waals surface area contributed by atoms with Gasteiger partial charge in [-0.15, -0.1) is 11.3 Å². The van der Waals surface area contributed by atoms with Gasteiger partial charge in [0.15, 0.2) is 5.01 Å². The van der Waals surface area contributed by atoms with E-state index < -0.39 is 0 Å². The van der Waals surface area contributed by atoms with Crippen molar-refractivity contribution in [2.45, 2.75) is 20.4 Å². The zero-order valence-corrected chi connectivity index (χ0v) is 17.7. The maximum Gasteiger partial charge on any atom is 0.227 e. The molecule has 7 heteroatoms. The van der Waals surface area contributed by atoms with Crippen LogP contribution in [0.25, 0.3) is 10.9 Å². The summed E-state index contributed by atoms with van der Waals surface area (Å²) in [6, 6.07) is 13.0. The van der Waals surface area contributed by atoms with E-state index in [1.807, 2.05) is 48.7 Å². The first-order valence-corrected chi connectivity index (χ1v) is 10.3. The summed E-state index contributed by atoms with van der Waals surface area (Å²) in [6.07, 6.45) is 1.63. The fourth-order valence-corrected chi connectivity index (χ4v) is 4.28. The summed E-state index contributed by atoms with van der Waals surface area (Å²) in [5.41, 5.74) is 2.25. The standard InChI is InChI=1S/C21H16BrN3O2S/c1-12-13(2)28-21(23-12)20(27)16-11-25(10-14-6-5-9-18(22)24-14)17-8-4-3-7-15(17)19(16)26/h3-9,11H,10H2,1-2H3. The zero-order valence-electron chi connectivity index (χ0n) is 15.3. The molecule has 0 aliphatic heterocycles. The van der Waals surface area contributed by atoms with Crippen LogP contribution in [0.3, 0.4) is 0 Å². The molecule has 3 aromatic heterocycles. The molecule has 0 atom stereocenters. The van der Waals surface area contributed by atoms with Crippen LogP contribution in [0.1, 0.15) is 31.6 Å². The number of rotatable bonds is 4. The monoisotopic (exact) mass is 453 g/mol.